The van der Waals surface area contributed by atoms with E-state index in [9.17, 15) is 5.26 Å². The number of aromatic amines is 1. The smallest absolute Gasteiger partial charge is 0.141 e. The first-order valence-corrected chi connectivity index (χ1v) is 7.31. The zero-order valence-electron chi connectivity index (χ0n) is 18.2. The minimum atomic E-state index is -2.53. The third kappa shape index (κ3) is 2.48. The summed E-state index contributed by atoms with van der Waals surface area (Å²) in [5.74, 6) is -1.38. The minimum Gasteiger partial charge on any atom is -0.346 e. The summed E-state index contributed by atoms with van der Waals surface area (Å²) in [6.07, 6.45) is -0.555. The van der Waals surface area contributed by atoms with Crippen molar-refractivity contribution in [3.63, 3.8) is 0 Å². The van der Waals surface area contributed by atoms with E-state index >= 15 is 0 Å². The summed E-state index contributed by atoms with van der Waals surface area (Å²) < 4.78 is 50.7. The van der Waals surface area contributed by atoms with Gasteiger partial charge in [-0.2, -0.15) is 10.4 Å². The van der Waals surface area contributed by atoms with Crippen LogP contribution in [0.25, 0.3) is 22.3 Å². The number of fused-ring (bicyclic) bond motifs is 1. The molecule has 1 aliphatic rings. The van der Waals surface area contributed by atoms with Gasteiger partial charge in [-0.3, -0.25) is 4.68 Å². The van der Waals surface area contributed by atoms with E-state index in [0.29, 0.717) is 16.9 Å². The Hall–Kier alpha value is -2.68. The number of nitrogens with zero attached hydrogens (tertiary/aromatic N) is 5. The molecule has 1 aliphatic carbocycles. The van der Waals surface area contributed by atoms with Crippen LogP contribution in [0.1, 0.15) is 46.2 Å². The maximum Gasteiger partial charge on any atom is 0.141 e. The number of nitriles is 1. The first-order chi connectivity index (χ1) is 13.6. The molecule has 3 aromatic rings. The van der Waals surface area contributed by atoms with Crippen LogP contribution in [-0.4, -0.2) is 24.7 Å². The minimum absolute atomic E-state index is 0.0489. The summed E-state index contributed by atoms with van der Waals surface area (Å²) in [6.45, 7) is 0. The van der Waals surface area contributed by atoms with Gasteiger partial charge >= 0.3 is 0 Å². The van der Waals surface area contributed by atoms with E-state index in [1.165, 1.54) is 23.4 Å². The summed E-state index contributed by atoms with van der Waals surface area (Å²) in [4.78, 5) is 11.4. The predicted octanol–water partition coefficient (Wildman–Crippen LogP) is 3.47. The third-order valence-electron chi connectivity index (χ3n) is 3.90. The SMILES string of the molecule is [2H]C1([2H])CCC([2H])([2H])C1[C@H](n1cc(-c2ncnc3[nH]ccc23)cn1)C([2H])([2H])C#N. The molecule has 0 unspecified atom stereocenters. The van der Waals surface area contributed by atoms with Crippen LogP contribution in [0.2, 0.25) is 0 Å². The fourth-order valence-corrected chi connectivity index (χ4v) is 2.83. The molecule has 0 aromatic carbocycles. The number of rotatable bonds is 4. The molecule has 4 rings (SSSR count). The average Bonchev–Trinajstić information content (AvgIpc) is 3.36. The van der Waals surface area contributed by atoms with Gasteiger partial charge in [-0.1, -0.05) is 12.8 Å². The molecule has 6 nitrogen and oxygen atoms in total. The van der Waals surface area contributed by atoms with Crippen molar-refractivity contribution < 1.29 is 8.22 Å². The molecule has 23 heavy (non-hydrogen) atoms. The first-order valence-electron chi connectivity index (χ1n) is 10.3. The Kier molecular flexibility index (Phi) is 2.24. The lowest BCUT2D eigenvalue weighted by molar-refractivity contribution is 0.315. The van der Waals surface area contributed by atoms with Crippen molar-refractivity contribution in [1.29, 1.82) is 5.26 Å². The molecule has 0 bridgehead atoms. The van der Waals surface area contributed by atoms with E-state index in [4.69, 9.17) is 8.22 Å². The fourth-order valence-electron chi connectivity index (χ4n) is 2.83. The van der Waals surface area contributed by atoms with Crippen LogP contribution in [0.3, 0.4) is 0 Å². The maximum atomic E-state index is 9.43. The zero-order valence-corrected chi connectivity index (χ0v) is 12.2. The standard InChI is InChI=1S/C17H18N6/c18-7-5-15(12-3-1-2-4-12)23-10-13(9-22-23)16-14-6-8-19-17(14)21-11-20-16/h6,8-12,15H,1-5H2,(H,19,20,21)/t15-/m1/s1/i3D2,4D2,5D2. The monoisotopic (exact) mass is 312 g/mol. The van der Waals surface area contributed by atoms with Crippen LogP contribution >= 0.6 is 0 Å². The molecule has 0 aliphatic heterocycles. The lowest BCUT2D eigenvalue weighted by Gasteiger charge is -2.21. The van der Waals surface area contributed by atoms with Gasteiger partial charge in [0.25, 0.3) is 0 Å². The fraction of sp³-hybridized carbons (Fsp3) is 0.412. The van der Waals surface area contributed by atoms with Crippen molar-refractivity contribution in [2.75, 3.05) is 0 Å². The molecule has 0 spiro atoms. The van der Waals surface area contributed by atoms with Gasteiger partial charge in [-0.15, -0.1) is 0 Å². The van der Waals surface area contributed by atoms with Crippen molar-refractivity contribution in [2.45, 2.75) is 38.0 Å². The van der Waals surface area contributed by atoms with Crippen molar-refractivity contribution >= 4 is 11.0 Å². The van der Waals surface area contributed by atoms with Crippen LogP contribution < -0.4 is 0 Å². The van der Waals surface area contributed by atoms with Crippen LogP contribution in [0.15, 0.2) is 31.0 Å². The van der Waals surface area contributed by atoms with E-state index in [1.54, 1.807) is 18.3 Å². The second-order valence-electron chi connectivity index (χ2n) is 5.26. The van der Waals surface area contributed by atoms with Crippen LogP contribution in [-0.2, 0) is 0 Å². The highest BCUT2D eigenvalue weighted by Crippen LogP contribution is 2.36. The number of aromatic nitrogens is 5. The van der Waals surface area contributed by atoms with E-state index in [-0.39, 0.29) is 12.8 Å². The molecule has 6 heteroatoms. The van der Waals surface area contributed by atoms with Gasteiger partial charge in [0.05, 0.1) is 30.4 Å². The van der Waals surface area contributed by atoms with Crippen molar-refractivity contribution in [3.8, 4) is 17.3 Å². The topological polar surface area (TPSA) is 83.2 Å². The lowest BCUT2D eigenvalue weighted by atomic mass is 9.96. The highest BCUT2D eigenvalue weighted by atomic mass is 15.3. The molecule has 3 heterocycles. The van der Waals surface area contributed by atoms with E-state index < -0.39 is 31.1 Å². The van der Waals surface area contributed by atoms with Gasteiger partial charge in [-0.25, -0.2) is 9.97 Å². The van der Waals surface area contributed by atoms with Gasteiger partial charge in [0.1, 0.15) is 12.0 Å². The van der Waals surface area contributed by atoms with Crippen molar-refractivity contribution in [2.24, 2.45) is 5.92 Å². The molecule has 0 radical (unpaired) electrons. The lowest BCUT2D eigenvalue weighted by Crippen LogP contribution is -2.17. The Morgan fingerprint density at radius 2 is 2.35 bits per heavy atom. The second-order valence-corrected chi connectivity index (χ2v) is 5.26. The van der Waals surface area contributed by atoms with Gasteiger partial charge in [-0.05, 0) is 24.7 Å². The Balaban J connectivity index is 1.84. The Morgan fingerprint density at radius 1 is 1.48 bits per heavy atom. The average molecular weight is 312 g/mol. The summed E-state index contributed by atoms with van der Waals surface area (Å²) in [5, 5.41) is 14.4. The number of H-pyrrole nitrogens is 1. The number of nitrogens with one attached hydrogen (secondary N) is 1. The quantitative estimate of drug-likeness (QED) is 0.799. The maximum absolute atomic E-state index is 9.43. The normalized spacial score (nSPS) is 25.5. The molecule has 0 amide bonds. The number of hydrogen-bond acceptors (Lipinski definition) is 4. The van der Waals surface area contributed by atoms with Crippen molar-refractivity contribution in [3.05, 3.63) is 31.0 Å². The number of hydrogen-bond donors (Lipinski definition) is 1. The third-order valence-corrected chi connectivity index (χ3v) is 3.90. The molecule has 3 aromatic heterocycles. The predicted molar refractivity (Wildman–Crippen MR) is 86.3 cm³/mol. The van der Waals surface area contributed by atoms with Crippen LogP contribution in [0, 0.1) is 17.2 Å². The Bertz CT molecular complexity index is 1080. The Morgan fingerprint density at radius 3 is 3.17 bits per heavy atom. The van der Waals surface area contributed by atoms with Crippen LogP contribution in [0.4, 0.5) is 0 Å². The van der Waals surface area contributed by atoms with E-state index in [0.717, 1.165) is 5.39 Å². The largest absolute Gasteiger partial charge is 0.346 e. The van der Waals surface area contributed by atoms with E-state index in [1.807, 2.05) is 0 Å². The Labute approximate surface area is 142 Å². The van der Waals surface area contributed by atoms with Gasteiger partial charge in [0.2, 0.25) is 0 Å². The summed E-state index contributed by atoms with van der Waals surface area (Å²) in [7, 11) is 0. The molecule has 0 saturated heterocycles. The molecule has 1 saturated carbocycles. The second kappa shape index (κ2) is 5.84. The highest BCUT2D eigenvalue weighted by Gasteiger charge is 2.27. The summed E-state index contributed by atoms with van der Waals surface area (Å²) in [5.41, 5.74) is 1.71. The molecular formula is C17H18N6. The first kappa shape index (κ1) is 8.82. The van der Waals surface area contributed by atoms with Gasteiger partial charge in [0.15, 0.2) is 0 Å². The highest BCUT2D eigenvalue weighted by molar-refractivity contribution is 5.89. The molecule has 116 valence electrons. The zero-order chi connectivity index (χ0) is 21.0. The molecular weight excluding hydrogens is 288 g/mol. The van der Waals surface area contributed by atoms with Gasteiger partial charge in [0, 0.05) is 31.6 Å². The van der Waals surface area contributed by atoms with Gasteiger partial charge < -0.3 is 4.98 Å². The summed E-state index contributed by atoms with van der Waals surface area (Å²) in [6, 6.07) is 1.92. The molecule has 1 fully saturated rings. The van der Waals surface area contributed by atoms with E-state index in [2.05, 4.69) is 20.1 Å². The van der Waals surface area contributed by atoms with Crippen LogP contribution in [0.5, 0.6) is 0 Å². The molecule has 1 N–H and O–H groups in total. The summed E-state index contributed by atoms with van der Waals surface area (Å²) >= 11 is 0. The molecule has 1 atom stereocenters. The van der Waals surface area contributed by atoms with Crippen molar-refractivity contribution in [1.82, 2.24) is 24.7 Å².